The molecule has 7 heteroatoms. The molecule has 0 spiro atoms. The first-order valence-corrected chi connectivity index (χ1v) is 12.2. The van der Waals surface area contributed by atoms with Gasteiger partial charge in [-0.05, 0) is 44.4 Å². The van der Waals surface area contributed by atoms with Gasteiger partial charge in [0.2, 0.25) is 0 Å². The number of hydrogen-bond donors (Lipinski definition) is 0. The number of benzene rings is 1. The minimum atomic E-state index is 0.709. The summed E-state index contributed by atoms with van der Waals surface area (Å²) in [5.74, 6) is 2.56. The van der Waals surface area contributed by atoms with Gasteiger partial charge in [0.15, 0.2) is 17.1 Å². The molecule has 0 N–H and O–H groups in total. The largest absolute Gasteiger partial charge is 0.493 e. The van der Waals surface area contributed by atoms with E-state index >= 15 is 0 Å². The number of nitrogens with zero attached hydrogens (tertiary/aromatic N) is 5. The van der Waals surface area contributed by atoms with E-state index in [2.05, 4.69) is 35.8 Å². The van der Waals surface area contributed by atoms with E-state index in [9.17, 15) is 0 Å². The van der Waals surface area contributed by atoms with Gasteiger partial charge in [-0.15, -0.1) is 0 Å². The molecule has 1 saturated heterocycles. The molecule has 1 aliphatic heterocycles. The quantitative estimate of drug-likeness (QED) is 0.572. The zero-order valence-electron chi connectivity index (χ0n) is 20.3. The molecule has 1 aromatic carbocycles. The van der Waals surface area contributed by atoms with Gasteiger partial charge in [0.05, 0.1) is 19.9 Å². The molecule has 0 amide bonds. The van der Waals surface area contributed by atoms with Crippen LogP contribution >= 0.6 is 0 Å². The molecule has 0 atom stereocenters. The molecule has 0 bridgehead atoms. The van der Waals surface area contributed by atoms with Crippen molar-refractivity contribution in [1.29, 1.82) is 0 Å². The summed E-state index contributed by atoms with van der Waals surface area (Å²) in [4.78, 5) is 10.1. The topological polar surface area (TPSA) is 55.1 Å². The average molecular weight is 450 g/mol. The van der Waals surface area contributed by atoms with Crippen LogP contribution in [0.4, 0.5) is 5.82 Å². The van der Waals surface area contributed by atoms with E-state index in [4.69, 9.17) is 19.6 Å². The van der Waals surface area contributed by atoms with E-state index in [1.807, 2.05) is 16.6 Å². The van der Waals surface area contributed by atoms with Crippen molar-refractivity contribution in [2.45, 2.75) is 52.0 Å². The number of methoxy groups -OCH3 is 2. The predicted molar refractivity (Wildman–Crippen MR) is 132 cm³/mol. The fourth-order valence-corrected chi connectivity index (χ4v) is 5.54. The number of hydrogen-bond acceptors (Lipinski definition) is 6. The van der Waals surface area contributed by atoms with E-state index in [0.717, 1.165) is 72.0 Å². The molecule has 176 valence electrons. The van der Waals surface area contributed by atoms with Crippen molar-refractivity contribution in [2.75, 3.05) is 45.3 Å². The van der Waals surface area contributed by atoms with Crippen molar-refractivity contribution in [2.24, 2.45) is 0 Å². The second-order valence-corrected chi connectivity index (χ2v) is 9.34. The van der Waals surface area contributed by atoms with Crippen LogP contribution in [0.1, 0.15) is 43.5 Å². The first kappa shape index (κ1) is 22.0. The Bertz CT molecular complexity index is 1130. The second kappa shape index (κ2) is 9.21. The lowest BCUT2D eigenvalue weighted by molar-refractivity contribution is 0.147. The lowest BCUT2D eigenvalue weighted by Crippen LogP contribution is -2.51. The van der Waals surface area contributed by atoms with Gasteiger partial charge in [0, 0.05) is 49.5 Å². The van der Waals surface area contributed by atoms with Crippen LogP contribution in [0.5, 0.6) is 11.5 Å². The van der Waals surface area contributed by atoms with Gasteiger partial charge in [0.1, 0.15) is 5.82 Å². The smallest absolute Gasteiger partial charge is 0.165 e. The molecule has 1 aliphatic carbocycles. The van der Waals surface area contributed by atoms with Crippen LogP contribution in [-0.4, -0.2) is 65.9 Å². The van der Waals surface area contributed by atoms with Gasteiger partial charge in [-0.2, -0.15) is 9.61 Å². The highest BCUT2D eigenvalue weighted by molar-refractivity contribution is 5.82. The number of aryl methyl sites for hydroxylation is 2. The zero-order valence-corrected chi connectivity index (χ0v) is 20.3. The van der Waals surface area contributed by atoms with Crippen LogP contribution in [0, 0.1) is 13.8 Å². The Morgan fingerprint density at radius 3 is 2.30 bits per heavy atom. The summed E-state index contributed by atoms with van der Waals surface area (Å²) in [5.41, 5.74) is 4.94. The normalized spacial score (nSPS) is 18.1. The van der Waals surface area contributed by atoms with Crippen molar-refractivity contribution in [3.05, 3.63) is 35.7 Å². The summed E-state index contributed by atoms with van der Waals surface area (Å²) >= 11 is 0. The molecule has 7 nitrogen and oxygen atoms in total. The third-order valence-electron chi connectivity index (χ3n) is 7.27. The van der Waals surface area contributed by atoms with E-state index < -0.39 is 0 Å². The number of ether oxygens (including phenoxy) is 2. The molecule has 2 aliphatic rings. The van der Waals surface area contributed by atoms with Gasteiger partial charge < -0.3 is 14.4 Å². The third kappa shape index (κ3) is 4.14. The van der Waals surface area contributed by atoms with Gasteiger partial charge in [-0.3, -0.25) is 4.90 Å². The first-order chi connectivity index (χ1) is 16.1. The summed E-state index contributed by atoms with van der Waals surface area (Å²) in [7, 11) is 3.32. The van der Waals surface area contributed by atoms with Crippen LogP contribution < -0.4 is 14.4 Å². The van der Waals surface area contributed by atoms with Gasteiger partial charge in [-0.25, -0.2) is 4.98 Å². The molecule has 1 saturated carbocycles. The highest BCUT2D eigenvalue weighted by atomic mass is 16.5. The van der Waals surface area contributed by atoms with Crippen molar-refractivity contribution in [1.82, 2.24) is 19.5 Å². The minimum Gasteiger partial charge on any atom is -0.493 e. The van der Waals surface area contributed by atoms with E-state index in [0.29, 0.717) is 5.75 Å². The predicted octanol–water partition coefficient (Wildman–Crippen LogP) is 4.49. The molecule has 3 aromatic rings. The van der Waals surface area contributed by atoms with E-state index in [1.165, 1.54) is 32.1 Å². The van der Waals surface area contributed by atoms with Crippen molar-refractivity contribution < 1.29 is 9.47 Å². The Kier molecular flexibility index (Phi) is 6.15. The van der Waals surface area contributed by atoms with Crippen LogP contribution in [0.25, 0.3) is 16.8 Å². The van der Waals surface area contributed by atoms with Crippen molar-refractivity contribution >= 4 is 11.5 Å². The molecule has 2 fully saturated rings. The Morgan fingerprint density at radius 1 is 0.879 bits per heavy atom. The zero-order chi connectivity index (χ0) is 22.9. The third-order valence-corrected chi connectivity index (χ3v) is 7.27. The summed E-state index contributed by atoms with van der Waals surface area (Å²) in [5, 5.41) is 4.94. The molecule has 2 aromatic heterocycles. The maximum atomic E-state index is 5.54. The number of aromatic nitrogens is 3. The molecule has 33 heavy (non-hydrogen) atoms. The van der Waals surface area contributed by atoms with Crippen LogP contribution in [0.2, 0.25) is 0 Å². The summed E-state index contributed by atoms with van der Waals surface area (Å²) in [6, 6.07) is 8.96. The molecule has 0 unspecified atom stereocenters. The van der Waals surface area contributed by atoms with E-state index in [-0.39, 0.29) is 0 Å². The Morgan fingerprint density at radius 2 is 1.61 bits per heavy atom. The maximum Gasteiger partial charge on any atom is 0.165 e. The average Bonchev–Trinajstić information content (AvgIpc) is 3.19. The van der Waals surface area contributed by atoms with Crippen LogP contribution in [0.15, 0.2) is 24.3 Å². The standard InChI is InChI=1S/C26H35N5O2/c1-18-16-24(30-14-12-29(13-15-30)21-8-6-5-7-9-21)31-26(27-18)25(19(2)28-31)20-10-11-22(32-3)23(17-20)33-4/h10-11,16-17,21H,5-9,12-15H2,1-4H3. The Hall–Kier alpha value is -2.80. The fraction of sp³-hybridized carbons (Fsp3) is 0.538. The number of fused-ring (bicyclic) bond motifs is 1. The molecule has 3 heterocycles. The summed E-state index contributed by atoms with van der Waals surface area (Å²) in [6.07, 6.45) is 6.92. The van der Waals surface area contributed by atoms with Crippen molar-refractivity contribution in [3.63, 3.8) is 0 Å². The molecular formula is C26H35N5O2. The molecule has 5 rings (SSSR count). The Labute approximate surface area is 196 Å². The summed E-state index contributed by atoms with van der Waals surface area (Å²) in [6.45, 7) is 8.43. The number of rotatable bonds is 5. The highest BCUT2D eigenvalue weighted by Crippen LogP contribution is 2.36. The lowest BCUT2D eigenvalue weighted by Gasteiger charge is -2.41. The molecule has 0 radical (unpaired) electrons. The van der Waals surface area contributed by atoms with Crippen molar-refractivity contribution in [3.8, 4) is 22.6 Å². The van der Waals surface area contributed by atoms with E-state index in [1.54, 1.807) is 14.2 Å². The monoisotopic (exact) mass is 449 g/mol. The van der Waals surface area contributed by atoms with Crippen LogP contribution in [-0.2, 0) is 0 Å². The highest BCUT2D eigenvalue weighted by Gasteiger charge is 2.27. The number of anilines is 1. The minimum absolute atomic E-state index is 0.709. The Balaban J connectivity index is 1.47. The fourth-order valence-electron chi connectivity index (χ4n) is 5.54. The van der Waals surface area contributed by atoms with Crippen LogP contribution in [0.3, 0.4) is 0 Å². The lowest BCUT2D eigenvalue weighted by atomic mass is 9.94. The maximum absolute atomic E-state index is 5.54. The van der Waals surface area contributed by atoms with Gasteiger partial charge >= 0.3 is 0 Å². The first-order valence-electron chi connectivity index (χ1n) is 12.2. The summed E-state index contributed by atoms with van der Waals surface area (Å²) < 4.78 is 13.0. The van der Waals surface area contributed by atoms with Gasteiger partial charge in [0.25, 0.3) is 0 Å². The van der Waals surface area contributed by atoms with Gasteiger partial charge in [-0.1, -0.05) is 25.3 Å². The second-order valence-electron chi connectivity index (χ2n) is 9.34. The SMILES string of the molecule is COc1ccc(-c2c(C)nn3c(N4CCN(C5CCCCC5)CC4)cc(C)nc23)cc1OC. The number of piperazine rings is 1. The molecular weight excluding hydrogens is 414 g/mol.